The van der Waals surface area contributed by atoms with Crippen LogP contribution >= 0.6 is 11.6 Å². The first kappa shape index (κ1) is 18.8. The van der Waals surface area contributed by atoms with E-state index in [1.165, 1.54) is 0 Å². The second-order valence-corrected chi connectivity index (χ2v) is 6.97. The Morgan fingerprint density at radius 1 is 1.03 bits per heavy atom. The van der Waals surface area contributed by atoms with Crippen molar-refractivity contribution in [3.05, 3.63) is 101 Å². The zero-order valence-corrected chi connectivity index (χ0v) is 16.4. The fourth-order valence-corrected chi connectivity index (χ4v) is 3.31. The first-order chi connectivity index (χ1) is 14.2. The molecule has 142 valence electrons. The van der Waals surface area contributed by atoms with Gasteiger partial charge < -0.3 is 9.30 Å². The van der Waals surface area contributed by atoms with Gasteiger partial charge in [0.05, 0.1) is 35.5 Å². The van der Waals surface area contributed by atoms with Gasteiger partial charge in [0.25, 0.3) is 0 Å². The molecule has 0 unspecified atom stereocenters. The SMILES string of the molecule is N#C/C(=C/c1ccccc1OCc1ccccc1Cl)Cn1cnc2ccccc21. The molecule has 0 aliphatic rings. The van der Waals surface area contributed by atoms with Gasteiger partial charge in [0.15, 0.2) is 0 Å². The zero-order valence-electron chi connectivity index (χ0n) is 15.6. The molecule has 4 nitrogen and oxygen atoms in total. The summed E-state index contributed by atoms with van der Waals surface area (Å²) >= 11 is 6.22. The third kappa shape index (κ3) is 4.31. The smallest absolute Gasteiger partial charge is 0.127 e. The van der Waals surface area contributed by atoms with Crippen molar-refractivity contribution in [3.63, 3.8) is 0 Å². The average molecular weight is 400 g/mol. The molecule has 0 bridgehead atoms. The number of nitriles is 1. The van der Waals surface area contributed by atoms with E-state index in [1.807, 2.05) is 83.4 Å². The zero-order chi connectivity index (χ0) is 20.1. The van der Waals surface area contributed by atoms with Crippen LogP contribution in [0.5, 0.6) is 5.75 Å². The fourth-order valence-electron chi connectivity index (χ4n) is 3.12. The number of hydrogen-bond donors (Lipinski definition) is 0. The van der Waals surface area contributed by atoms with Crippen molar-refractivity contribution in [2.45, 2.75) is 13.2 Å². The molecule has 0 spiro atoms. The Balaban J connectivity index is 1.58. The minimum atomic E-state index is 0.360. The standard InChI is InChI=1S/C24H18ClN3O/c25-21-9-3-1-8-20(21)16-29-24-12-6-2-7-19(24)13-18(14-26)15-28-17-27-22-10-4-5-11-23(22)28/h1-13,17H,15-16H2/b18-13-. The first-order valence-electron chi connectivity index (χ1n) is 9.20. The van der Waals surface area contributed by atoms with E-state index in [0.717, 1.165) is 22.2 Å². The van der Waals surface area contributed by atoms with E-state index in [4.69, 9.17) is 16.3 Å². The number of benzene rings is 3. The number of imidazole rings is 1. The highest BCUT2D eigenvalue weighted by molar-refractivity contribution is 6.31. The average Bonchev–Trinajstić information content (AvgIpc) is 3.16. The molecule has 1 heterocycles. The van der Waals surface area contributed by atoms with Crippen LogP contribution in [0.15, 0.2) is 84.7 Å². The van der Waals surface area contributed by atoms with Crippen LogP contribution in [0, 0.1) is 11.3 Å². The monoisotopic (exact) mass is 399 g/mol. The van der Waals surface area contributed by atoms with E-state index < -0.39 is 0 Å². The number of rotatable bonds is 6. The number of fused-ring (bicyclic) bond motifs is 1. The minimum Gasteiger partial charge on any atom is -0.488 e. The molecule has 4 aromatic rings. The highest BCUT2D eigenvalue weighted by Crippen LogP contribution is 2.24. The Hall–Kier alpha value is -3.55. The summed E-state index contributed by atoms with van der Waals surface area (Å²) in [5.41, 5.74) is 4.28. The third-order valence-electron chi connectivity index (χ3n) is 4.60. The van der Waals surface area contributed by atoms with Gasteiger partial charge in [-0.1, -0.05) is 60.1 Å². The van der Waals surface area contributed by atoms with Crippen LogP contribution in [0.4, 0.5) is 0 Å². The fraction of sp³-hybridized carbons (Fsp3) is 0.0833. The van der Waals surface area contributed by atoms with Crippen LogP contribution < -0.4 is 4.74 Å². The van der Waals surface area contributed by atoms with E-state index in [2.05, 4.69) is 11.1 Å². The summed E-state index contributed by atoms with van der Waals surface area (Å²) in [6.07, 6.45) is 3.62. The van der Waals surface area contributed by atoms with E-state index >= 15 is 0 Å². The maximum atomic E-state index is 9.68. The molecule has 3 aromatic carbocycles. The topological polar surface area (TPSA) is 50.8 Å². The van der Waals surface area contributed by atoms with Crippen molar-refractivity contribution in [3.8, 4) is 11.8 Å². The van der Waals surface area contributed by atoms with Gasteiger partial charge in [0.2, 0.25) is 0 Å². The molecular formula is C24H18ClN3O. The van der Waals surface area contributed by atoms with Gasteiger partial charge >= 0.3 is 0 Å². The van der Waals surface area contributed by atoms with Crippen LogP contribution in [-0.4, -0.2) is 9.55 Å². The Labute approximate surface area is 174 Å². The van der Waals surface area contributed by atoms with Crippen molar-refractivity contribution in [2.24, 2.45) is 0 Å². The number of aromatic nitrogens is 2. The van der Waals surface area contributed by atoms with Gasteiger partial charge in [-0.15, -0.1) is 0 Å². The van der Waals surface area contributed by atoms with Crippen molar-refractivity contribution in [1.29, 1.82) is 5.26 Å². The van der Waals surface area contributed by atoms with E-state index in [1.54, 1.807) is 6.33 Å². The molecule has 0 atom stereocenters. The summed E-state index contributed by atoms with van der Waals surface area (Å²) in [7, 11) is 0. The van der Waals surface area contributed by atoms with Crippen molar-refractivity contribution in [1.82, 2.24) is 9.55 Å². The first-order valence-corrected chi connectivity index (χ1v) is 9.58. The highest BCUT2D eigenvalue weighted by atomic mass is 35.5. The normalized spacial score (nSPS) is 11.4. The molecule has 0 N–H and O–H groups in total. The number of halogens is 1. The van der Waals surface area contributed by atoms with Gasteiger partial charge in [-0.2, -0.15) is 5.26 Å². The molecule has 5 heteroatoms. The molecule has 0 radical (unpaired) electrons. The van der Waals surface area contributed by atoms with Crippen LogP contribution in [-0.2, 0) is 13.2 Å². The van der Waals surface area contributed by atoms with Gasteiger partial charge in [0, 0.05) is 16.1 Å². The predicted molar refractivity (Wildman–Crippen MR) is 116 cm³/mol. The number of ether oxygens (including phenoxy) is 1. The molecule has 0 saturated carbocycles. The summed E-state index contributed by atoms with van der Waals surface area (Å²) in [5.74, 6) is 0.704. The largest absolute Gasteiger partial charge is 0.488 e. The summed E-state index contributed by atoms with van der Waals surface area (Å²) < 4.78 is 7.97. The second-order valence-electron chi connectivity index (χ2n) is 6.56. The summed E-state index contributed by atoms with van der Waals surface area (Å²) in [6, 6.07) is 25.4. The maximum Gasteiger partial charge on any atom is 0.127 e. The summed E-state index contributed by atoms with van der Waals surface area (Å²) in [5, 5.41) is 10.4. The quantitative estimate of drug-likeness (QED) is 0.380. The Morgan fingerprint density at radius 3 is 2.66 bits per heavy atom. The molecular weight excluding hydrogens is 382 g/mol. The van der Waals surface area contributed by atoms with E-state index in [9.17, 15) is 5.26 Å². The lowest BCUT2D eigenvalue weighted by Gasteiger charge is -2.11. The van der Waals surface area contributed by atoms with Crippen molar-refractivity contribution < 1.29 is 4.74 Å². The molecule has 0 saturated heterocycles. The van der Waals surface area contributed by atoms with E-state index in [0.29, 0.717) is 29.5 Å². The predicted octanol–water partition coefficient (Wildman–Crippen LogP) is 5.88. The molecule has 0 amide bonds. The molecule has 1 aromatic heterocycles. The molecule has 0 aliphatic carbocycles. The molecule has 0 fully saturated rings. The number of nitrogens with zero attached hydrogens (tertiary/aromatic N) is 3. The van der Waals surface area contributed by atoms with Crippen molar-refractivity contribution >= 4 is 28.7 Å². The molecule has 29 heavy (non-hydrogen) atoms. The van der Waals surface area contributed by atoms with Crippen LogP contribution in [0.3, 0.4) is 0 Å². The molecule has 4 rings (SSSR count). The summed E-state index contributed by atoms with van der Waals surface area (Å²) in [4.78, 5) is 4.39. The van der Waals surface area contributed by atoms with Crippen LogP contribution in [0.2, 0.25) is 5.02 Å². The minimum absolute atomic E-state index is 0.360. The Kier molecular flexibility index (Phi) is 5.60. The third-order valence-corrected chi connectivity index (χ3v) is 4.97. The van der Waals surface area contributed by atoms with Crippen molar-refractivity contribution in [2.75, 3.05) is 0 Å². The number of allylic oxidation sites excluding steroid dienone is 1. The highest BCUT2D eigenvalue weighted by Gasteiger charge is 2.08. The van der Waals surface area contributed by atoms with Crippen LogP contribution in [0.25, 0.3) is 17.1 Å². The van der Waals surface area contributed by atoms with E-state index in [-0.39, 0.29) is 0 Å². The van der Waals surface area contributed by atoms with Gasteiger partial charge in [-0.3, -0.25) is 0 Å². The number of hydrogen-bond acceptors (Lipinski definition) is 3. The summed E-state index contributed by atoms with van der Waals surface area (Å²) in [6.45, 7) is 0.800. The van der Waals surface area contributed by atoms with Gasteiger partial charge in [-0.05, 0) is 30.3 Å². The lowest BCUT2D eigenvalue weighted by atomic mass is 10.1. The Morgan fingerprint density at radius 2 is 1.79 bits per heavy atom. The lowest BCUT2D eigenvalue weighted by molar-refractivity contribution is 0.305. The number of para-hydroxylation sites is 3. The lowest BCUT2D eigenvalue weighted by Crippen LogP contribution is -2.00. The van der Waals surface area contributed by atoms with Gasteiger partial charge in [0.1, 0.15) is 12.4 Å². The maximum absolute atomic E-state index is 9.68. The Bertz CT molecular complexity index is 1220. The molecule has 0 aliphatic heterocycles. The van der Waals surface area contributed by atoms with Gasteiger partial charge in [-0.25, -0.2) is 4.98 Å². The van der Waals surface area contributed by atoms with Crippen LogP contribution in [0.1, 0.15) is 11.1 Å². The second kappa shape index (κ2) is 8.64.